The third-order valence-electron chi connectivity index (χ3n) is 3.06. The number of thiazole rings is 1. The lowest BCUT2D eigenvalue weighted by atomic mass is 10.3. The Hall–Kier alpha value is -1.29. The SMILES string of the molecule is CCc1cnc(CCNC(=NC)NCc2ncccc2F)s1.I. The van der Waals surface area contributed by atoms with E-state index in [1.165, 1.54) is 10.9 Å². The fourth-order valence-corrected chi connectivity index (χ4v) is 2.71. The average molecular weight is 449 g/mol. The molecule has 5 nitrogen and oxygen atoms in total. The Kier molecular flexibility index (Phi) is 9.00. The zero-order chi connectivity index (χ0) is 15.8. The average Bonchev–Trinajstić information content (AvgIpc) is 3.00. The minimum Gasteiger partial charge on any atom is -0.356 e. The lowest BCUT2D eigenvalue weighted by Crippen LogP contribution is -2.38. The summed E-state index contributed by atoms with van der Waals surface area (Å²) in [6.07, 6.45) is 5.36. The van der Waals surface area contributed by atoms with E-state index in [0.29, 0.717) is 18.2 Å². The largest absolute Gasteiger partial charge is 0.356 e. The molecule has 2 rings (SSSR count). The van der Waals surface area contributed by atoms with Gasteiger partial charge in [0.2, 0.25) is 0 Å². The van der Waals surface area contributed by atoms with E-state index in [4.69, 9.17) is 0 Å². The van der Waals surface area contributed by atoms with Crippen molar-refractivity contribution in [1.82, 2.24) is 20.6 Å². The van der Waals surface area contributed by atoms with Gasteiger partial charge >= 0.3 is 0 Å². The molecule has 0 saturated carbocycles. The van der Waals surface area contributed by atoms with Gasteiger partial charge in [-0.2, -0.15) is 0 Å². The smallest absolute Gasteiger partial charge is 0.191 e. The van der Waals surface area contributed by atoms with Crippen LogP contribution in [-0.2, 0) is 19.4 Å². The Morgan fingerprint density at radius 2 is 2.17 bits per heavy atom. The topological polar surface area (TPSA) is 62.2 Å². The van der Waals surface area contributed by atoms with Crippen molar-refractivity contribution < 1.29 is 4.39 Å². The molecule has 2 heterocycles. The summed E-state index contributed by atoms with van der Waals surface area (Å²) < 4.78 is 13.5. The number of nitrogens with zero attached hydrogens (tertiary/aromatic N) is 3. The number of hydrogen-bond donors (Lipinski definition) is 2. The second-order valence-electron chi connectivity index (χ2n) is 4.61. The molecule has 0 radical (unpaired) electrons. The zero-order valence-corrected chi connectivity index (χ0v) is 16.3. The van der Waals surface area contributed by atoms with Gasteiger partial charge in [-0.1, -0.05) is 6.92 Å². The summed E-state index contributed by atoms with van der Waals surface area (Å²) in [6, 6.07) is 2.97. The van der Waals surface area contributed by atoms with Gasteiger partial charge in [0.1, 0.15) is 5.82 Å². The molecular weight excluding hydrogens is 428 g/mol. The van der Waals surface area contributed by atoms with Gasteiger partial charge in [-0.3, -0.25) is 9.98 Å². The number of aromatic nitrogens is 2. The molecule has 0 aromatic carbocycles. The summed E-state index contributed by atoms with van der Waals surface area (Å²) in [5.41, 5.74) is 0.373. The molecular formula is C15H21FIN5S. The second kappa shape index (κ2) is 10.5. The van der Waals surface area contributed by atoms with Crippen LogP contribution in [0.3, 0.4) is 0 Å². The number of nitrogens with one attached hydrogen (secondary N) is 2. The molecule has 0 saturated heterocycles. The van der Waals surface area contributed by atoms with E-state index in [1.54, 1.807) is 30.6 Å². The van der Waals surface area contributed by atoms with Gasteiger partial charge in [0.25, 0.3) is 0 Å². The van der Waals surface area contributed by atoms with Crippen molar-refractivity contribution in [1.29, 1.82) is 0 Å². The summed E-state index contributed by atoms with van der Waals surface area (Å²) in [5, 5.41) is 7.35. The fraction of sp³-hybridized carbons (Fsp3) is 0.400. The highest BCUT2D eigenvalue weighted by molar-refractivity contribution is 14.0. The third kappa shape index (κ3) is 6.38. The van der Waals surface area contributed by atoms with Crippen LogP contribution in [-0.4, -0.2) is 29.5 Å². The molecule has 0 spiro atoms. The van der Waals surface area contributed by atoms with Gasteiger partial charge < -0.3 is 10.6 Å². The molecule has 2 aromatic heterocycles. The number of aryl methyl sites for hydroxylation is 1. The van der Waals surface area contributed by atoms with Crippen LogP contribution in [0.5, 0.6) is 0 Å². The van der Waals surface area contributed by atoms with E-state index in [-0.39, 0.29) is 29.8 Å². The van der Waals surface area contributed by atoms with Crippen LogP contribution in [0.25, 0.3) is 0 Å². The quantitative estimate of drug-likeness (QED) is 0.405. The number of halogens is 2. The van der Waals surface area contributed by atoms with Crippen molar-refractivity contribution in [3.8, 4) is 0 Å². The number of hydrogen-bond acceptors (Lipinski definition) is 4. The maximum atomic E-state index is 13.5. The molecule has 126 valence electrons. The Balaban J connectivity index is 0.00000264. The third-order valence-corrected chi connectivity index (χ3v) is 4.26. The Morgan fingerprint density at radius 1 is 1.35 bits per heavy atom. The van der Waals surface area contributed by atoms with Crippen molar-refractivity contribution in [2.45, 2.75) is 26.3 Å². The van der Waals surface area contributed by atoms with E-state index in [9.17, 15) is 4.39 Å². The van der Waals surface area contributed by atoms with Crippen molar-refractivity contribution in [3.05, 3.63) is 45.9 Å². The number of guanidine groups is 1. The minimum absolute atomic E-state index is 0. The van der Waals surface area contributed by atoms with Crippen molar-refractivity contribution in [2.24, 2.45) is 4.99 Å². The number of aliphatic imine (C=N–C) groups is 1. The predicted molar refractivity (Wildman–Crippen MR) is 103 cm³/mol. The number of pyridine rings is 1. The van der Waals surface area contributed by atoms with E-state index >= 15 is 0 Å². The van der Waals surface area contributed by atoms with Crippen LogP contribution in [0, 0.1) is 5.82 Å². The molecule has 0 aliphatic heterocycles. The van der Waals surface area contributed by atoms with Gasteiger partial charge in [0.15, 0.2) is 5.96 Å². The first-order valence-corrected chi connectivity index (χ1v) is 8.02. The molecule has 0 aliphatic carbocycles. The molecule has 0 amide bonds. The van der Waals surface area contributed by atoms with Crippen LogP contribution >= 0.6 is 35.3 Å². The highest BCUT2D eigenvalue weighted by Gasteiger charge is 2.05. The highest BCUT2D eigenvalue weighted by atomic mass is 127. The zero-order valence-electron chi connectivity index (χ0n) is 13.2. The summed E-state index contributed by atoms with van der Waals surface area (Å²) in [7, 11) is 1.68. The van der Waals surface area contributed by atoms with Crippen LogP contribution < -0.4 is 10.6 Å². The first-order chi connectivity index (χ1) is 10.7. The molecule has 0 unspecified atom stereocenters. The molecule has 0 atom stereocenters. The summed E-state index contributed by atoms with van der Waals surface area (Å²) >= 11 is 1.73. The summed E-state index contributed by atoms with van der Waals surface area (Å²) in [5.74, 6) is 0.303. The Labute approximate surface area is 156 Å². The molecule has 0 aliphatic rings. The van der Waals surface area contributed by atoms with Gasteiger partial charge in [0, 0.05) is 37.3 Å². The van der Waals surface area contributed by atoms with Crippen molar-refractivity contribution >= 4 is 41.3 Å². The van der Waals surface area contributed by atoms with Crippen molar-refractivity contribution in [3.63, 3.8) is 0 Å². The first-order valence-electron chi connectivity index (χ1n) is 7.20. The molecule has 8 heteroatoms. The Morgan fingerprint density at radius 3 is 2.83 bits per heavy atom. The van der Waals surface area contributed by atoms with E-state index < -0.39 is 0 Å². The standard InChI is InChI=1S/C15H20FN5S.HI/c1-3-11-9-20-14(22-11)6-8-19-15(17-2)21-10-13-12(16)5-4-7-18-13;/h4-5,7,9H,3,6,8,10H2,1-2H3,(H2,17,19,21);1H. The first kappa shape index (κ1) is 19.8. The molecule has 0 bridgehead atoms. The molecule has 2 N–H and O–H groups in total. The molecule has 23 heavy (non-hydrogen) atoms. The maximum absolute atomic E-state index is 13.5. The fourth-order valence-electron chi connectivity index (χ4n) is 1.85. The van der Waals surface area contributed by atoms with E-state index in [1.807, 2.05) is 6.20 Å². The van der Waals surface area contributed by atoms with Crippen molar-refractivity contribution in [2.75, 3.05) is 13.6 Å². The van der Waals surface area contributed by atoms with Crippen LogP contribution in [0.2, 0.25) is 0 Å². The lowest BCUT2D eigenvalue weighted by Gasteiger charge is -2.11. The normalized spacial score (nSPS) is 11.0. The van der Waals surface area contributed by atoms with Crippen LogP contribution in [0.1, 0.15) is 22.5 Å². The van der Waals surface area contributed by atoms with Gasteiger partial charge in [-0.05, 0) is 18.6 Å². The number of rotatable bonds is 6. The van der Waals surface area contributed by atoms with Crippen LogP contribution in [0.15, 0.2) is 29.5 Å². The van der Waals surface area contributed by atoms with Gasteiger partial charge in [-0.25, -0.2) is 9.37 Å². The summed E-state index contributed by atoms with van der Waals surface area (Å²) in [6.45, 7) is 3.14. The molecule has 0 fully saturated rings. The Bertz CT molecular complexity index is 632. The van der Waals surface area contributed by atoms with Gasteiger partial charge in [-0.15, -0.1) is 35.3 Å². The predicted octanol–water partition coefficient (Wildman–Crippen LogP) is 2.77. The van der Waals surface area contributed by atoms with Crippen LogP contribution in [0.4, 0.5) is 4.39 Å². The van der Waals surface area contributed by atoms with Gasteiger partial charge in [0.05, 0.1) is 17.2 Å². The minimum atomic E-state index is -0.319. The molecule has 2 aromatic rings. The van der Waals surface area contributed by atoms with E-state index in [2.05, 4.69) is 32.5 Å². The van der Waals surface area contributed by atoms with E-state index in [0.717, 1.165) is 24.4 Å². The summed E-state index contributed by atoms with van der Waals surface area (Å²) in [4.78, 5) is 13.8. The maximum Gasteiger partial charge on any atom is 0.191 e. The lowest BCUT2D eigenvalue weighted by molar-refractivity contribution is 0.592. The highest BCUT2D eigenvalue weighted by Crippen LogP contribution is 2.13. The second-order valence-corrected chi connectivity index (χ2v) is 5.81. The monoisotopic (exact) mass is 449 g/mol.